The number of fused-ring (bicyclic) bond motifs is 1. The highest BCUT2D eigenvalue weighted by Gasteiger charge is 2.55. The highest BCUT2D eigenvalue weighted by Crippen LogP contribution is 2.39. The molecule has 184 valence electrons. The van der Waals surface area contributed by atoms with E-state index in [-0.39, 0.29) is 25.7 Å². The van der Waals surface area contributed by atoms with Crippen LogP contribution < -0.4 is 0 Å². The third-order valence-electron chi connectivity index (χ3n) is 5.61. The summed E-state index contributed by atoms with van der Waals surface area (Å²) in [6, 6.07) is 6.27. The Morgan fingerprint density at radius 3 is 2.39 bits per heavy atom. The van der Waals surface area contributed by atoms with E-state index < -0.39 is 47.8 Å². The molecule has 9 nitrogen and oxygen atoms in total. The molecule has 0 saturated carbocycles. The van der Waals surface area contributed by atoms with Crippen LogP contribution in [-0.4, -0.2) is 82.2 Å². The molecular formula is C24H35NO8. The summed E-state index contributed by atoms with van der Waals surface area (Å²) in [5.74, 6) is -1.41. The molecule has 1 aromatic rings. The van der Waals surface area contributed by atoms with Gasteiger partial charge in [0.2, 0.25) is 0 Å². The molecular weight excluding hydrogens is 430 g/mol. The Morgan fingerprint density at radius 1 is 1.15 bits per heavy atom. The molecule has 33 heavy (non-hydrogen) atoms. The molecule has 1 amide bonds. The molecule has 2 fully saturated rings. The van der Waals surface area contributed by atoms with Gasteiger partial charge in [0.25, 0.3) is 0 Å². The number of aryl methyl sites for hydroxylation is 1. The molecule has 2 aliphatic heterocycles. The summed E-state index contributed by atoms with van der Waals surface area (Å²) in [5, 5.41) is 21.1. The SMILES string of the molecule is Cc1ccc(C(=O)OC[C@H](O)[C@@H](O)C[C@H]2[C@H]3OC(C)(C)O[C@H]3CN2C(=O)OC(C)(C)C)cc1. The average molecular weight is 466 g/mol. The number of hydrogen-bond acceptors (Lipinski definition) is 8. The van der Waals surface area contributed by atoms with Crippen LogP contribution in [0.3, 0.4) is 0 Å². The van der Waals surface area contributed by atoms with Crippen LogP contribution in [0.25, 0.3) is 0 Å². The van der Waals surface area contributed by atoms with Gasteiger partial charge in [-0.25, -0.2) is 9.59 Å². The van der Waals surface area contributed by atoms with Crippen LogP contribution in [0.2, 0.25) is 0 Å². The zero-order chi connectivity index (χ0) is 24.6. The van der Waals surface area contributed by atoms with E-state index in [9.17, 15) is 19.8 Å². The molecule has 2 N–H and O–H groups in total. The van der Waals surface area contributed by atoms with E-state index in [1.807, 2.05) is 6.92 Å². The van der Waals surface area contributed by atoms with E-state index in [1.54, 1.807) is 58.9 Å². The maximum absolute atomic E-state index is 12.8. The Hall–Kier alpha value is -2.20. The van der Waals surface area contributed by atoms with Crippen LogP contribution >= 0.6 is 0 Å². The number of nitrogens with zero attached hydrogens (tertiary/aromatic N) is 1. The zero-order valence-electron chi connectivity index (χ0n) is 20.1. The minimum absolute atomic E-state index is 0.00307. The van der Waals surface area contributed by atoms with Gasteiger partial charge in [0, 0.05) is 0 Å². The van der Waals surface area contributed by atoms with E-state index in [0.29, 0.717) is 5.56 Å². The van der Waals surface area contributed by atoms with Gasteiger partial charge in [-0.15, -0.1) is 0 Å². The van der Waals surface area contributed by atoms with Gasteiger partial charge in [-0.1, -0.05) is 17.7 Å². The third-order valence-corrected chi connectivity index (χ3v) is 5.61. The van der Waals surface area contributed by atoms with Gasteiger partial charge in [-0.3, -0.25) is 4.90 Å². The van der Waals surface area contributed by atoms with Gasteiger partial charge in [-0.05, 0) is 60.1 Å². The van der Waals surface area contributed by atoms with Crippen LogP contribution in [0.4, 0.5) is 4.79 Å². The summed E-state index contributed by atoms with van der Waals surface area (Å²) in [6.45, 7) is 10.7. The van der Waals surface area contributed by atoms with Crippen LogP contribution in [0.1, 0.15) is 57.0 Å². The van der Waals surface area contributed by atoms with Crippen molar-refractivity contribution in [3.05, 3.63) is 35.4 Å². The number of amides is 1. The molecule has 5 atom stereocenters. The van der Waals surface area contributed by atoms with Gasteiger partial charge >= 0.3 is 12.1 Å². The zero-order valence-corrected chi connectivity index (χ0v) is 20.1. The number of hydrogen-bond donors (Lipinski definition) is 2. The Kier molecular flexibility index (Phi) is 7.38. The first-order chi connectivity index (χ1) is 15.3. The van der Waals surface area contributed by atoms with E-state index in [0.717, 1.165) is 5.56 Å². The minimum Gasteiger partial charge on any atom is -0.459 e. The summed E-state index contributed by atoms with van der Waals surface area (Å²) in [5.41, 5.74) is 0.672. The number of rotatable bonds is 6. The van der Waals surface area contributed by atoms with Gasteiger partial charge < -0.3 is 29.2 Å². The first kappa shape index (κ1) is 25.4. The first-order valence-electron chi connectivity index (χ1n) is 11.2. The van der Waals surface area contributed by atoms with E-state index in [2.05, 4.69) is 0 Å². The summed E-state index contributed by atoms with van der Waals surface area (Å²) in [7, 11) is 0. The lowest BCUT2D eigenvalue weighted by Gasteiger charge is -2.33. The number of esters is 1. The third kappa shape index (κ3) is 6.44. The fourth-order valence-electron chi connectivity index (χ4n) is 4.08. The molecule has 0 aliphatic carbocycles. The summed E-state index contributed by atoms with van der Waals surface area (Å²) < 4.78 is 22.6. The van der Waals surface area contributed by atoms with Gasteiger partial charge in [0.1, 0.15) is 30.5 Å². The number of aliphatic hydroxyl groups is 2. The molecule has 0 unspecified atom stereocenters. The maximum Gasteiger partial charge on any atom is 0.410 e. The fourth-order valence-corrected chi connectivity index (χ4v) is 4.08. The number of aliphatic hydroxyl groups excluding tert-OH is 2. The second kappa shape index (κ2) is 9.58. The van der Waals surface area contributed by atoms with Crippen molar-refractivity contribution in [1.29, 1.82) is 0 Å². The summed E-state index contributed by atoms with van der Waals surface area (Å²) in [6.07, 6.45) is -4.00. The molecule has 0 spiro atoms. The molecule has 1 aromatic carbocycles. The highest BCUT2D eigenvalue weighted by molar-refractivity contribution is 5.89. The minimum atomic E-state index is -1.34. The Morgan fingerprint density at radius 2 is 1.79 bits per heavy atom. The summed E-state index contributed by atoms with van der Waals surface area (Å²) >= 11 is 0. The Balaban J connectivity index is 1.63. The van der Waals surface area contributed by atoms with E-state index in [1.165, 1.54) is 4.90 Å². The van der Waals surface area contributed by atoms with E-state index in [4.69, 9.17) is 18.9 Å². The quantitative estimate of drug-likeness (QED) is 0.616. The number of carbonyl (C=O) groups is 2. The monoisotopic (exact) mass is 465 g/mol. The van der Waals surface area contributed by atoms with Crippen LogP contribution in [-0.2, 0) is 18.9 Å². The number of ether oxygens (including phenoxy) is 4. The van der Waals surface area contributed by atoms with Crippen molar-refractivity contribution in [2.24, 2.45) is 0 Å². The molecule has 0 aromatic heterocycles. The Labute approximate surface area is 194 Å². The van der Waals surface area contributed by atoms with Crippen molar-refractivity contribution < 1.29 is 38.7 Å². The number of carbonyl (C=O) groups excluding carboxylic acids is 2. The van der Waals surface area contributed by atoms with Crippen molar-refractivity contribution in [1.82, 2.24) is 4.90 Å². The molecule has 2 heterocycles. The maximum atomic E-state index is 12.8. The molecule has 0 bridgehead atoms. The second-order valence-corrected chi connectivity index (χ2v) is 10.2. The van der Waals surface area contributed by atoms with Crippen molar-refractivity contribution in [2.45, 2.75) is 89.8 Å². The second-order valence-electron chi connectivity index (χ2n) is 10.2. The van der Waals surface area contributed by atoms with Crippen LogP contribution in [0, 0.1) is 6.92 Å². The molecule has 2 aliphatic rings. The molecule has 0 radical (unpaired) electrons. The Bertz CT molecular complexity index is 847. The lowest BCUT2D eigenvalue weighted by Crippen LogP contribution is -2.47. The van der Waals surface area contributed by atoms with E-state index >= 15 is 0 Å². The smallest absolute Gasteiger partial charge is 0.410 e. The molecule has 9 heteroatoms. The largest absolute Gasteiger partial charge is 0.459 e. The highest BCUT2D eigenvalue weighted by atomic mass is 16.8. The molecule has 3 rings (SSSR count). The molecule has 2 saturated heterocycles. The van der Waals surface area contributed by atoms with Crippen molar-refractivity contribution in [2.75, 3.05) is 13.2 Å². The average Bonchev–Trinajstić information content (AvgIpc) is 3.17. The standard InChI is InChI=1S/C24H35NO8/c1-14-7-9-15(10-8-14)21(28)30-13-18(27)17(26)11-16-20-19(31-24(5,6)32-20)12-25(16)22(29)33-23(2,3)4/h7-10,16-20,26-27H,11-13H2,1-6H3/t16-,17-,18-,19-,20+/m0/s1. The summed E-state index contributed by atoms with van der Waals surface area (Å²) in [4.78, 5) is 26.5. The van der Waals surface area contributed by atoms with Crippen molar-refractivity contribution in [3.63, 3.8) is 0 Å². The van der Waals surface area contributed by atoms with Gasteiger partial charge in [0.05, 0.1) is 24.3 Å². The van der Waals surface area contributed by atoms with Crippen LogP contribution in [0.15, 0.2) is 24.3 Å². The van der Waals surface area contributed by atoms with Crippen LogP contribution in [0.5, 0.6) is 0 Å². The van der Waals surface area contributed by atoms with Crippen molar-refractivity contribution in [3.8, 4) is 0 Å². The number of benzene rings is 1. The first-order valence-corrected chi connectivity index (χ1v) is 11.2. The van der Waals surface area contributed by atoms with Gasteiger partial charge in [-0.2, -0.15) is 0 Å². The fraction of sp³-hybridized carbons (Fsp3) is 0.667. The lowest BCUT2D eigenvalue weighted by atomic mass is 10.0. The normalized spacial score (nSPS) is 25.9. The lowest BCUT2D eigenvalue weighted by molar-refractivity contribution is -0.163. The van der Waals surface area contributed by atoms with Gasteiger partial charge in [0.15, 0.2) is 5.79 Å². The number of likely N-dealkylation sites (tertiary alicyclic amines) is 1. The predicted molar refractivity (Wildman–Crippen MR) is 119 cm³/mol. The topological polar surface area (TPSA) is 115 Å². The predicted octanol–water partition coefficient (Wildman–Crippen LogP) is 2.40. The van der Waals surface area contributed by atoms with Crippen molar-refractivity contribution >= 4 is 12.1 Å².